The number of rotatable bonds is 6. The standard InChI is InChI=1S/C18H23F3N4O2S/c1-25(16-14-2-4-22-15(14)23-11-24-16)13-8-17(9-13)6-12(7-17)10-28(26,27)5-3-18(19,20)21/h2,4,11-13H,3,5-10H2,1H3,(H,22,23,24). The number of anilines is 1. The number of fused-ring (bicyclic) bond motifs is 1. The van der Waals surface area contributed by atoms with Gasteiger partial charge in [0.2, 0.25) is 0 Å². The van der Waals surface area contributed by atoms with Crippen molar-refractivity contribution in [3.8, 4) is 0 Å². The molecule has 6 nitrogen and oxygen atoms in total. The number of halogens is 3. The van der Waals surface area contributed by atoms with Crippen LogP contribution in [0, 0.1) is 11.3 Å². The van der Waals surface area contributed by atoms with E-state index in [9.17, 15) is 21.6 Å². The average Bonchev–Trinajstić information content (AvgIpc) is 3.01. The molecule has 28 heavy (non-hydrogen) atoms. The second-order valence-electron chi connectivity index (χ2n) is 8.36. The second-order valence-corrected chi connectivity index (χ2v) is 10.6. The SMILES string of the molecule is CN(c1ncnc2[nH]ccc12)C1CC2(CC(CS(=O)(=O)CCC(F)(F)F)C2)C1. The maximum atomic E-state index is 12.3. The average molecular weight is 416 g/mol. The summed E-state index contributed by atoms with van der Waals surface area (Å²) in [4.78, 5) is 13.8. The van der Waals surface area contributed by atoms with Gasteiger partial charge in [0, 0.05) is 19.3 Å². The van der Waals surface area contributed by atoms with Gasteiger partial charge in [0.05, 0.1) is 23.3 Å². The van der Waals surface area contributed by atoms with Gasteiger partial charge in [-0.3, -0.25) is 0 Å². The number of hydrogen-bond donors (Lipinski definition) is 1. The fourth-order valence-corrected chi connectivity index (χ4v) is 6.52. The van der Waals surface area contributed by atoms with E-state index >= 15 is 0 Å². The number of H-pyrrole nitrogens is 1. The van der Waals surface area contributed by atoms with Crippen molar-refractivity contribution in [1.82, 2.24) is 15.0 Å². The Morgan fingerprint density at radius 1 is 1.25 bits per heavy atom. The summed E-state index contributed by atoms with van der Waals surface area (Å²) in [5, 5.41) is 0.966. The number of alkyl halides is 3. The largest absolute Gasteiger partial charge is 0.390 e. The van der Waals surface area contributed by atoms with E-state index in [-0.39, 0.29) is 17.1 Å². The molecule has 2 fully saturated rings. The third kappa shape index (κ3) is 3.83. The van der Waals surface area contributed by atoms with E-state index in [4.69, 9.17) is 0 Å². The Balaban J connectivity index is 1.29. The fourth-order valence-electron chi connectivity index (χ4n) is 4.86. The van der Waals surface area contributed by atoms with Crippen molar-refractivity contribution in [1.29, 1.82) is 0 Å². The maximum absolute atomic E-state index is 12.3. The first-order valence-corrected chi connectivity index (χ1v) is 11.2. The molecular formula is C18H23F3N4O2S. The number of hydrogen-bond acceptors (Lipinski definition) is 5. The summed E-state index contributed by atoms with van der Waals surface area (Å²) in [6.45, 7) is 0. The summed E-state index contributed by atoms with van der Waals surface area (Å²) in [5.41, 5.74) is 0.937. The molecule has 0 atom stereocenters. The minimum absolute atomic E-state index is 0.0140. The van der Waals surface area contributed by atoms with Gasteiger partial charge in [0.1, 0.15) is 17.8 Å². The zero-order valence-corrected chi connectivity index (χ0v) is 16.4. The van der Waals surface area contributed by atoms with Gasteiger partial charge in [-0.25, -0.2) is 18.4 Å². The van der Waals surface area contributed by atoms with Crippen molar-refractivity contribution in [3.63, 3.8) is 0 Å². The Morgan fingerprint density at radius 2 is 1.96 bits per heavy atom. The Kier molecular flexibility index (Phi) is 4.59. The summed E-state index contributed by atoms with van der Waals surface area (Å²) < 4.78 is 60.6. The highest BCUT2D eigenvalue weighted by atomic mass is 32.2. The molecule has 0 aliphatic heterocycles. The predicted octanol–water partition coefficient (Wildman–Crippen LogP) is 3.32. The van der Waals surface area contributed by atoms with Crippen molar-refractivity contribution in [2.45, 2.75) is 44.3 Å². The van der Waals surface area contributed by atoms with Crippen LogP contribution in [-0.2, 0) is 9.84 Å². The smallest absolute Gasteiger partial charge is 0.356 e. The number of aromatic amines is 1. The van der Waals surface area contributed by atoms with Gasteiger partial charge < -0.3 is 9.88 Å². The minimum atomic E-state index is -4.43. The van der Waals surface area contributed by atoms with Crippen LogP contribution in [0.5, 0.6) is 0 Å². The van der Waals surface area contributed by atoms with Crippen molar-refractivity contribution in [3.05, 3.63) is 18.6 Å². The Bertz CT molecular complexity index is 959. The van der Waals surface area contributed by atoms with Crippen LogP contribution in [0.1, 0.15) is 32.1 Å². The van der Waals surface area contributed by atoms with Crippen molar-refractivity contribution in [2.24, 2.45) is 11.3 Å². The summed E-state index contributed by atoms with van der Waals surface area (Å²) in [6.07, 6.45) is 1.16. The Morgan fingerprint density at radius 3 is 2.64 bits per heavy atom. The van der Waals surface area contributed by atoms with Gasteiger partial charge in [-0.15, -0.1) is 0 Å². The first kappa shape index (κ1) is 19.5. The van der Waals surface area contributed by atoms with E-state index in [1.54, 1.807) is 0 Å². The molecule has 154 valence electrons. The lowest BCUT2D eigenvalue weighted by Gasteiger charge is -2.59. The van der Waals surface area contributed by atoms with Crippen LogP contribution in [0.2, 0.25) is 0 Å². The van der Waals surface area contributed by atoms with Gasteiger partial charge in [-0.05, 0) is 43.1 Å². The highest BCUT2D eigenvalue weighted by Gasteiger charge is 2.54. The molecular weight excluding hydrogens is 393 g/mol. The third-order valence-corrected chi connectivity index (χ3v) is 7.99. The van der Waals surface area contributed by atoms with Crippen LogP contribution in [-0.4, -0.2) is 54.1 Å². The molecule has 0 amide bonds. The molecule has 2 aromatic rings. The molecule has 4 rings (SSSR count). The summed E-state index contributed by atoms with van der Waals surface area (Å²) in [7, 11) is -1.65. The lowest BCUT2D eigenvalue weighted by molar-refractivity contribution is -0.130. The Labute approximate surface area is 161 Å². The van der Waals surface area contributed by atoms with Crippen molar-refractivity contribution >= 4 is 26.7 Å². The number of nitrogens with zero attached hydrogens (tertiary/aromatic N) is 3. The molecule has 10 heteroatoms. The van der Waals surface area contributed by atoms with Gasteiger partial charge in [0.25, 0.3) is 0 Å². The molecule has 2 aliphatic rings. The third-order valence-electron chi connectivity index (χ3n) is 6.18. The molecule has 2 heterocycles. The Hall–Kier alpha value is -1.84. The molecule has 0 bridgehead atoms. The molecule has 0 radical (unpaired) electrons. The summed E-state index contributed by atoms with van der Waals surface area (Å²) in [5.74, 6) is -0.0657. The first-order valence-electron chi connectivity index (χ1n) is 9.34. The van der Waals surface area contributed by atoms with E-state index in [2.05, 4.69) is 19.9 Å². The number of aromatic nitrogens is 3. The summed E-state index contributed by atoms with van der Waals surface area (Å²) in [6, 6.07) is 2.27. The van der Waals surface area contributed by atoms with Crippen LogP contribution in [0.4, 0.5) is 19.0 Å². The van der Waals surface area contributed by atoms with Crippen LogP contribution < -0.4 is 4.90 Å². The van der Waals surface area contributed by atoms with E-state index in [0.29, 0.717) is 6.04 Å². The zero-order valence-electron chi connectivity index (χ0n) is 15.5. The van der Waals surface area contributed by atoms with Crippen molar-refractivity contribution in [2.75, 3.05) is 23.5 Å². The van der Waals surface area contributed by atoms with E-state index < -0.39 is 28.2 Å². The predicted molar refractivity (Wildman–Crippen MR) is 99.8 cm³/mol. The maximum Gasteiger partial charge on any atom is 0.390 e. The van der Waals surface area contributed by atoms with Crippen LogP contribution in [0.15, 0.2) is 18.6 Å². The van der Waals surface area contributed by atoms with Gasteiger partial charge >= 0.3 is 6.18 Å². The minimum Gasteiger partial charge on any atom is -0.356 e. The van der Waals surface area contributed by atoms with Crippen LogP contribution >= 0.6 is 0 Å². The van der Waals surface area contributed by atoms with Crippen LogP contribution in [0.3, 0.4) is 0 Å². The highest BCUT2D eigenvalue weighted by Crippen LogP contribution is 2.60. The molecule has 1 N–H and O–H groups in total. The molecule has 0 saturated heterocycles. The van der Waals surface area contributed by atoms with Gasteiger partial charge in [0.15, 0.2) is 9.84 Å². The monoisotopic (exact) mass is 416 g/mol. The fraction of sp³-hybridized carbons (Fsp3) is 0.667. The molecule has 2 aliphatic carbocycles. The molecule has 0 unspecified atom stereocenters. The van der Waals surface area contributed by atoms with Crippen LogP contribution in [0.25, 0.3) is 11.0 Å². The number of nitrogens with one attached hydrogen (secondary N) is 1. The summed E-state index contributed by atoms with van der Waals surface area (Å²) >= 11 is 0. The topological polar surface area (TPSA) is 79.0 Å². The van der Waals surface area contributed by atoms with E-state index in [1.807, 2.05) is 19.3 Å². The normalized spacial score (nSPS) is 27.6. The zero-order chi connectivity index (χ0) is 20.2. The second kappa shape index (κ2) is 6.60. The lowest BCUT2D eigenvalue weighted by atomic mass is 9.50. The first-order chi connectivity index (χ1) is 13.1. The van der Waals surface area contributed by atoms with E-state index in [1.165, 1.54) is 6.33 Å². The molecule has 2 saturated carbocycles. The lowest BCUT2D eigenvalue weighted by Crippen LogP contribution is -2.56. The molecule has 1 spiro atoms. The van der Waals surface area contributed by atoms with Gasteiger partial charge in [-0.1, -0.05) is 0 Å². The molecule has 0 aromatic carbocycles. The number of sulfone groups is 1. The highest BCUT2D eigenvalue weighted by molar-refractivity contribution is 7.91. The molecule has 2 aromatic heterocycles. The van der Waals surface area contributed by atoms with Gasteiger partial charge in [-0.2, -0.15) is 13.2 Å². The van der Waals surface area contributed by atoms with E-state index in [0.717, 1.165) is 42.5 Å². The van der Waals surface area contributed by atoms with Crippen molar-refractivity contribution < 1.29 is 21.6 Å². The quantitative estimate of drug-likeness (QED) is 0.782.